The van der Waals surface area contributed by atoms with Crippen molar-refractivity contribution in [3.8, 4) is 0 Å². The molecule has 1 N–H and O–H groups in total. The number of nitrogens with zero attached hydrogens (tertiary/aromatic N) is 1. The van der Waals surface area contributed by atoms with E-state index in [2.05, 4.69) is 5.32 Å². The number of thioether (sulfide) groups is 2. The normalized spacial score (nSPS) is 11.7. The van der Waals surface area contributed by atoms with Crippen LogP contribution in [-0.4, -0.2) is 35.4 Å². The van der Waals surface area contributed by atoms with Gasteiger partial charge in [0.05, 0.1) is 10.3 Å². The van der Waals surface area contributed by atoms with Crippen LogP contribution in [0.2, 0.25) is 5.02 Å². The zero-order chi connectivity index (χ0) is 18.4. The fourth-order valence-corrected chi connectivity index (χ4v) is 3.64. The molecule has 7 heteroatoms. The average molecular weight is 395 g/mol. The van der Waals surface area contributed by atoms with Gasteiger partial charge in [-0.3, -0.25) is 9.59 Å². The Hall–Kier alpha value is -1.63. The van der Waals surface area contributed by atoms with Crippen molar-refractivity contribution in [2.45, 2.75) is 22.0 Å². The van der Waals surface area contributed by atoms with Gasteiger partial charge in [0.25, 0.3) is 5.24 Å². The zero-order valence-corrected chi connectivity index (χ0v) is 16.5. The molecule has 0 fully saturated rings. The first-order chi connectivity index (χ1) is 11.9. The van der Waals surface area contributed by atoms with E-state index in [9.17, 15) is 9.59 Å². The Balaban J connectivity index is 1.93. The van der Waals surface area contributed by atoms with Gasteiger partial charge in [-0.05, 0) is 55.1 Å². The van der Waals surface area contributed by atoms with Gasteiger partial charge in [0.2, 0.25) is 5.91 Å². The van der Waals surface area contributed by atoms with Crippen LogP contribution in [0.25, 0.3) is 0 Å². The lowest BCUT2D eigenvalue weighted by Crippen LogP contribution is -2.22. The Labute approximate surface area is 161 Å². The van der Waals surface area contributed by atoms with E-state index >= 15 is 0 Å². The number of anilines is 1. The summed E-state index contributed by atoms with van der Waals surface area (Å²) in [6, 6.07) is 14.7. The maximum Gasteiger partial charge on any atom is 0.285 e. The smallest absolute Gasteiger partial charge is 0.285 e. The number of nitrogens with one attached hydrogen (secondary N) is 1. The maximum atomic E-state index is 12.3. The molecule has 0 heterocycles. The van der Waals surface area contributed by atoms with Crippen LogP contribution in [0.15, 0.2) is 58.3 Å². The lowest BCUT2D eigenvalue weighted by Gasteiger charge is -2.13. The molecule has 1 atom stereocenters. The van der Waals surface area contributed by atoms with Gasteiger partial charge in [-0.2, -0.15) is 0 Å². The van der Waals surface area contributed by atoms with Crippen LogP contribution < -0.4 is 5.32 Å². The number of hydrogen-bond acceptors (Lipinski definition) is 4. The summed E-state index contributed by atoms with van der Waals surface area (Å²) >= 11 is 8.69. The molecular weight excluding hydrogens is 376 g/mol. The molecule has 0 saturated carbocycles. The molecule has 0 aliphatic rings. The Morgan fingerprint density at radius 3 is 2.32 bits per heavy atom. The van der Waals surface area contributed by atoms with Crippen molar-refractivity contribution in [2.24, 2.45) is 0 Å². The van der Waals surface area contributed by atoms with Gasteiger partial charge in [0.1, 0.15) is 0 Å². The van der Waals surface area contributed by atoms with Gasteiger partial charge in [0, 0.05) is 29.6 Å². The van der Waals surface area contributed by atoms with Crippen molar-refractivity contribution in [2.75, 3.05) is 19.4 Å². The summed E-state index contributed by atoms with van der Waals surface area (Å²) in [6.45, 7) is 1.84. The van der Waals surface area contributed by atoms with Crippen LogP contribution in [0.3, 0.4) is 0 Å². The van der Waals surface area contributed by atoms with E-state index in [1.807, 2.05) is 37.3 Å². The molecular formula is C18H19ClN2O2S2. The predicted octanol–water partition coefficient (Wildman–Crippen LogP) is 5.23. The van der Waals surface area contributed by atoms with Crippen LogP contribution in [0, 0.1) is 0 Å². The molecule has 0 aliphatic carbocycles. The van der Waals surface area contributed by atoms with E-state index in [0.29, 0.717) is 10.7 Å². The van der Waals surface area contributed by atoms with Crippen LogP contribution in [-0.2, 0) is 4.79 Å². The summed E-state index contributed by atoms with van der Waals surface area (Å²) in [5, 5.41) is 3.19. The van der Waals surface area contributed by atoms with Gasteiger partial charge < -0.3 is 10.2 Å². The fourth-order valence-electron chi connectivity index (χ4n) is 1.83. The van der Waals surface area contributed by atoms with E-state index in [-0.39, 0.29) is 16.4 Å². The highest BCUT2D eigenvalue weighted by Crippen LogP contribution is 2.30. The molecule has 0 aromatic heterocycles. The Morgan fingerprint density at radius 2 is 1.72 bits per heavy atom. The highest BCUT2D eigenvalue weighted by atomic mass is 35.5. The molecule has 0 radical (unpaired) electrons. The number of carbonyl (C=O) groups is 2. The molecule has 0 aliphatic heterocycles. The Bertz CT molecular complexity index is 751. The Morgan fingerprint density at radius 1 is 1.08 bits per heavy atom. The zero-order valence-electron chi connectivity index (χ0n) is 14.2. The van der Waals surface area contributed by atoms with Crippen LogP contribution in [0.1, 0.15) is 6.92 Å². The second-order valence-electron chi connectivity index (χ2n) is 5.47. The number of amides is 2. The summed E-state index contributed by atoms with van der Waals surface area (Å²) in [4.78, 5) is 27.2. The molecule has 2 amide bonds. The SMILES string of the molecule is CC(Sc1ccccc1Cl)C(=O)Nc1ccc(SC(=O)N(C)C)cc1. The first kappa shape index (κ1) is 19.7. The maximum absolute atomic E-state index is 12.3. The summed E-state index contributed by atoms with van der Waals surface area (Å²) in [5.41, 5.74) is 0.693. The topological polar surface area (TPSA) is 49.4 Å². The van der Waals surface area contributed by atoms with Crippen molar-refractivity contribution in [1.82, 2.24) is 4.90 Å². The standard InChI is InChI=1S/C18H19ClN2O2S2/c1-12(24-16-7-5-4-6-15(16)19)17(22)20-13-8-10-14(11-9-13)25-18(23)21(2)3/h4-12H,1-3H3,(H,20,22). The molecule has 2 aromatic rings. The van der Waals surface area contributed by atoms with E-state index in [4.69, 9.17) is 11.6 Å². The molecule has 4 nitrogen and oxygen atoms in total. The fraction of sp³-hybridized carbons (Fsp3) is 0.222. The van der Waals surface area contributed by atoms with E-state index in [1.54, 1.807) is 32.3 Å². The number of halogens is 1. The largest absolute Gasteiger partial charge is 0.339 e. The molecule has 2 aromatic carbocycles. The predicted molar refractivity (Wildman–Crippen MR) is 107 cm³/mol. The van der Waals surface area contributed by atoms with Crippen LogP contribution in [0.5, 0.6) is 0 Å². The van der Waals surface area contributed by atoms with E-state index < -0.39 is 0 Å². The number of rotatable bonds is 5. The molecule has 0 spiro atoms. The average Bonchev–Trinajstić information content (AvgIpc) is 2.58. The minimum Gasteiger partial charge on any atom is -0.339 e. The molecule has 132 valence electrons. The third-order valence-corrected chi connectivity index (χ3v) is 5.87. The van der Waals surface area contributed by atoms with E-state index in [0.717, 1.165) is 21.6 Å². The lowest BCUT2D eigenvalue weighted by molar-refractivity contribution is -0.115. The summed E-state index contributed by atoms with van der Waals surface area (Å²) in [7, 11) is 3.42. The van der Waals surface area contributed by atoms with E-state index in [1.165, 1.54) is 16.7 Å². The quantitative estimate of drug-likeness (QED) is 0.705. The first-order valence-corrected chi connectivity index (χ1v) is 9.65. The van der Waals surface area contributed by atoms with Crippen molar-refractivity contribution in [3.05, 3.63) is 53.6 Å². The summed E-state index contributed by atoms with van der Waals surface area (Å²) < 4.78 is 0. The van der Waals surface area contributed by atoms with Gasteiger partial charge in [0.15, 0.2) is 0 Å². The first-order valence-electron chi connectivity index (χ1n) is 7.58. The molecule has 25 heavy (non-hydrogen) atoms. The van der Waals surface area contributed by atoms with Crippen LogP contribution in [0.4, 0.5) is 10.5 Å². The number of hydrogen-bond donors (Lipinski definition) is 1. The molecule has 0 saturated heterocycles. The van der Waals surface area contributed by atoms with Crippen molar-refractivity contribution in [1.29, 1.82) is 0 Å². The molecule has 2 rings (SSSR count). The minimum atomic E-state index is -0.288. The monoisotopic (exact) mass is 394 g/mol. The second-order valence-corrected chi connectivity index (χ2v) is 8.28. The molecule has 0 bridgehead atoms. The number of carbonyl (C=O) groups excluding carboxylic acids is 2. The van der Waals surface area contributed by atoms with Crippen LogP contribution >= 0.6 is 35.1 Å². The lowest BCUT2D eigenvalue weighted by atomic mass is 10.3. The highest BCUT2D eigenvalue weighted by Gasteiger charge is 2.16. The van der Waals surface area contributed by atoms with Gasteiger partial charge in [-0.1, -0.05) is 23.7 Å². The second kappa shape index (κ2) is 9.17. The highest BCUT2D eigenvalue weighted by molar-refractivity contribution is 8.13. The van der Waals surface area contributed by atoms with Gasteiger partial charge >= 0.3 is 0 Å². The van der Waals surface area contributed by atoms with Gasteiger partial charge in [-0.15, -0.1) is 11.8 Å². The van der Waals surface area contributed by atoms with Crippen molar-refractivity contribution < 1.29 is 9.59 Å². The molecule has 1 unspecified atom stereocenters. The van der Waals surface area contributed by atoms with Crippen molar-refractivity contribution in [3.63, 3.8) is 0 Å². The third kappa shape index (κ3) is 5.99. The number of benzene rings is 2. The summed E-state index contributed by atoms with van der Waals surface area (Å²) in [5.74, 6) is -0.102. The van der Waals surface area contributed by atoms with Crippen molar-refractivity contribution >= 4 is 52.0 Å². The summed E-state index contributed by atoms with van der Waals surface area (Å²) in [6.07, 6.45) is 0. The third-order valence-electron chi connectivity index (χ3n) is 3.20. The minimum absolute atomic E-state index is 0.0402. The Kier molecular flexibility index (Phi) is 7.23. The van der Waals surface area contributed by atoms with Gasteiger partial charge in [-0.25, -0.2) is 0 Å².